The molecule has 1 aromatic heterocycles. The molecule has 28 heavy (non-hydrogen) atoms. The highest BCUT2D eigenvalue weighted by Crippen LogP contribution is 2.35. The normalized spacial score (nSPS) is 16.6. The van der Waals surface area contributed by atoms with Crippen LogP contribution in [0.4, 0.5) is 0 Å². The summed E-state index contributed by atoms with van der Waals surface area (Å²) in [4.78, 5) is 10.00. The SMILES string of the molecule is CCOc1ccc(C2(CNC(=NC)NCc3ncc(C)s3)CCOCC2)cc1. The van der Waals surface area contributed by atoms with Gasteiger partial charge in [0.15, 0.2) is 5.96 Å². The maximum absolute atomic E-state index is 5.64. The second-order valence-electron chi connectivity index (χ2n) is 6.99. The molecule has 0 amide bonds. The van der Waals surface area contributed by atoms with Gasteiger partial charge in [0.2, 0.25) is 0 Å². The van der Waals surface area contributed by atoms with Crippen molar-refractivity contribution in [3.63, 3.8) is 0 Å². The van der Waals surface area contributed by atoms with E-state index >= 15 is 0 Å². The molecule has 1 saturated heterocycles. The fourth-order valence-electron chi connectivity index (χ4n) is 3.52. The van der Waals surface area contributed by atoms with Crippen LogP contribution in [0.25, 0.3) is 0 Å². The third kappa shape index (κ3) is 5.23. The molecular formula is C21H30N4O2S. The molecule has 2 aromatic rings. The molecular weight excluding hydrogens is 372 g/mol. The van der Waals surface area contributed by atoms with E-state index in [9.17, 15) is 0 Å². The lowest BCUT2D eigenvalue weighted by Gasteiger charge is -2.38. The number of hydrogen-bond donors (Lipinski definition) is 2. The Kier molecular flexibility index (Phi) is 7.28. The van der Waals surface area contributed by atoms with Crippen LogP contribution in [0.2, 0.25) is 0 Å². The molecule has 0 atom stereocenters. The van der Waals surface area contributed by atoms with Gasteiger partial charge in [-0.25, -0.2) is 4.98 Å². The van der Waals surface area contributed by atoms with Crippen molar-refractivity contribution >= 4 is 17.3 Å². The monoisotopic (exact) mass is 402 g/mol. The standard InChI is InChI=1S/C21H30N4O2S/c1-4-27-18-7-5-17(6-8-18)21(9-11-26-12-10-21)15-25-20(22-3)24-14-19-23-13-16(2)28-19/h5-8,13H,4,9-12,14-15H2,1-3H3,(H2,22,24,25). The number of nitrogens with zero attached hydrogens (tertiary/aromatic N) is 2. The number of aryl methyl sites for hydroxylation is 1. The van der Waals surface area contributed by atoms with Crippen molar-refractivity contribution in [1.29, 1.82) is 0 Å². The zero-order valence-electron chi connectivity index (χ0n) is 17.0. The summed E-state index contributed by atoms with van der Waals surface area (Å²) in [5.41, 5.74) is 1.34. The van der Waals surface area contributed by atoms with Crippen LogP contribution in [0.15, 0.2) is 35.5 Å². The van der Waals surface area contributed by atoms with Gasteiger partial charge in [-0.15, -0.1) is 11.3 Å². The van der Waals surface area contributed by atoms with Crippen molar-refractivity contribution in [1.82, 2.24) is 15.6 Å². The van der Waals surface area contributed by atoms with Crippen LogP contribution in [0.3, 0.4) is 0 Å². The van der Waals surface area contributed by atoms with E-state index < -0.39 is 0 Å². The maximum Gasteiger partial charge on any atom is 0.191 e. The van der Waals surface area contributed by atoms with E-state index in [-0.39, 0.29) is 5.41 Å². The molecule has 1 aliphatic heterocycles. The van der Waals surface area contributed by atoms with Gasteiger partial charge in [0.25, 0.3) is 0 Å². The van der Waals surface area contributed by atoms with Crippen molar-refractivity contribution in [2.45, 2.75) is 38.6 Å². The highest BCUT2D eigenvalue weighted by molar-refractivity contribution is 7.11. The van der Waals surface area contributed by atoms with E-state index in [0.29, 0.717) is 13.2 Å². The van der Waals surface area contributed by atoms with Gasteiger partial charge in [0.1, 0.15) is 10.8 Å². The van der Waals surface area contributed by atoms with Crippen molar-refractivity contribution in [3.8, 4) is 5.75 Å². The van der Waals surface area contributed by atoms with E-state index in [0.717, 1.165) is 49.3 Å². The van der Waals surface area contributed by atoms with Crippen molar-refractivity contribution in [2.24, 2.45) is 4.99 Å². The first-order valence-electron chi connectivity index (χ1n) is 9.82. The lowest BCUT2D eigenvalue weighted by atomic mass is 9.74. The van der Waals surface area contributed by atoms with Gasteiger partial charge in [-0.05, 0) is 44.4 Å². The first-order valence-corrected chi connectivity index (χ1v) is 10.6. The summed E-state index contributed by atoms with van der Waals surface area (Å²) in [6.45, 7) is 7.79. The Morgan fingerprint density at radius 2 is 2.00 bits per heavy atom. The van der Waals surface area contributed by atoms with Gasteiger partial charge in [0, 0.05) is 43.3 Å². The number of hydrogen-bond acceptors (Lipinski definition) is 5. The molecule has 6 nitrogen and oxygen atoms in total. The van der Waals surface area contributed by atoms with Gasteiger partial charge in [0.05, 0.1) is 13.2 Å². The lowest BCUT2D eigenvalue weighted by Crippen LogP contribution is -2.47. The Bertz CT molecular complexity index is 767. The second kappa shape index (κ2) is 9.89. The molecule has 1 aromatic carbocycles. The number of guanidine groups is 1. The van der Waals surface area contributed by atoms with E-state index in [1.165, 1.54) is 10.4 Å². The zero-order valence-corrected chi connectivity index (χ0v) is 17.8. The van der Waals surface area contributed by atoms with Gasteiger partial charge in [-0.1, -0.05) is 12.1 Å². The van der Waals surface area contributed by atoms with Gasteiger partial charge in [-0.3, -0.25) is 4.99 Å². The number of aliphatic imine (C=N–C) groups is 1. The fourth-order valence-corrected chi connectivity index (χ4v) is 4.24. The van der Waals surface area contributed by atoms with Gasteiger partial charge in [-0.2, -0.15) is 0 Å². The molecule has 0 unspecified atom stereocenters. The Morgan fingerprint density at radius 1 is 1.25 bits per heavy atom. The second-order valence-corrected chi connectivity index (χ2v) is 8.31. The largest absolute Gasteiger partial charge is 0.494 e. The minimum absolute atomic E-state index is 0.0262. The van der Waals surface area contributed by atoms with Gasteiger partial charge >= 0.3 is 0 Å². The van der Waals surface area contributed by atoms with E-state index in [4.69, 9.17) is 9.47 Å². The number of thiazole rings is 1. The third-order valence-corrected chi connectivity index (χ3v) is 6.03. The van der Waals surface area contributed by atoms with Gasteiger partial charge < -0.3 is 20.1 Å². The van der Waals surface area contributed by atoms with E-state index in [1.54, 1.807) is 18.4 Å². The Hall–Kier alpha value is -2.12. The number of rotatable bonds is 7. The summed E-state index contributed by atoms with van der Waals surface area (Å²) in [6, 6.07) is 8.50. The van der Waals surface area contributed by atoms with Crippen molar-refractivity contribution in [3.05, 3.63) is 45.9 Å². The highest BCUT2D eigenvalue weighted by atomic mass is 32.1. The van der Waals surface area contributed by atoms with Crippen LogP contribution in [-0.2, 0) is 16.7 Å². The summed E-state index contributed by atoms with van der Waals surface area (Å²) in [7, 11) is 1.80. The molecule has 2 N–H and O–H groups in total. The molecule has 2 heterocycles. The van der Waals surface area contributed by atoms with Crippen LogP contribution in [0.5, 0.6) is 5.75 Å². The predicted molar refractivity (Wildman–Crippen MR) is 114 cm³/mol. The minimum Gasteiger partial charge on any atom is -0.494 e. The summed E-state index contributed by atoms with van der Waals surface area (Å²) in [5.74, 6) is 1.71. The highest BCUT2D eigenvalue weighted by Gasteiger charge is 2.34. The quantitative estimate of drug-likeness (QED) is 0.550. The molecule has 1 aliphatic rings. The molecule has 0 spiro atoms. The Morgan fingerprint density at radius 3 is 2.61 bits per heavy atom. The first-order chi connectivity index (χ1) is 13.6. The topological polar surface area (TPSA) is 67.8 Å². The zero-order chi connectivity index (χ0) is 19.8. The number of benzene rings is 1. The third-order valence-electron chi connectivity index (χ3n) is 5.12. The molecule has 152 valence electrons. The molecule has 0 aliphatic carbocycles. The molecule has 0 bridgehead atoms. The van der Waals surface area contributed by atoms with Crippen LogP contribution in [-0.4, -0.2) is 44.4 Å². The summed E-state index contributed by atoms with van der Waals surface area (Å²) in [5, 5.41) is 7.96. The Labute approximate surface area is 171 Å². The molecule has 0 saturated carbocycles. The van der Waals surface area contributed by atoms with E-state index in [1.807, 2.05) is 13.1 Å². The minimum atomic E-state index is 0.0262. The average molecular weight is 403 g/mol. The fraction of sp³-hybridized carbons (Fsp3) is 0.524. The summed E-state index contributed by atoms with van der Waals surface area (Å²) >= 11 is 1.70. The molecule has 0 radical (unpaired) electrons. The van der Waals surface area contributed by atoms with Crippen molar-refractivity contribution in [2.75, 3.05) is 33.4 Å². The van der Waals surface area contributed by atoms with E-state index in [2.05, 4.69) is 51.8 Å². The number of ether oxygens (including phenoxy) is 2. The predicted octanol–water partition coefficient (Wildman–Crippen LogP) is 3.26. The smallest absolute Gasteiger partial charge is 0.191 e. The maximum atomic E-state index is 5.64. The van der Waals surface area contributed by atoms with Crippen LogP contribution < -0.4 is 15.4 Å². The van der Waals surface area contributed by atoms with Crippen LogP contribution in [0.1, 0.15) is 35.2 Å². The molecule has 1 fully saturated rings. The molecule has 3 rings (SSSR count). The summed E-state index contributed by atoms with van der Waals surface area (Å²) < 4.78 is 11.2. The Balaban J connectivity index is 1.65. The average Bonchev–Trinajstić information content (AvgIpc) is 3.15. The number of nitrogens with one attached hydrogen (secondary N) is 2. The van der Waals surface area contributed by atoms with Crippen molar-refractivity contribution < 1.29 is 9.47 Å². The number of aromatic nitrogens is 1. The van der Waals surface area contributed by atoms with Crippen LogP contribution >= 0.6 is 11.3 Å². The first kappa shape index (κ1) is 20.6. The lowest BCUT2D eigenvalue weighted by molar-refractivity contribution is 0.0513. The molecule has 7 heteroatoms. The summed E-state index contributed by atoms with van der Waals surface area (Å²) in [6.07, 6.45) is 3.87. The van der Waals surface area contributed by atoms with Crippen LogP contribution in [0, 0.1) is 6.92 Å².